The minimum absolute atomic E-state index is 0.0963. The summed E-state index contributed by atoms with van der Waals surface area (Å²) in [5.41, 5.74) is 0.676. The molecule has 0 aliphatic carbocycles. The summed E-state index contributed by atoms with van der Waals surface area (Å²) in [5.74, 6) is -0.384. The third-order valence-corrected chi connectivity index (χ3v) is 2.17. The van der Waals surface area contributed by atoms with Crippen molar-refractivity contribution in [3.8, 4) is 5.75 Å². The van der Waals surface area contributed by atoms with E-state index in [1.807, 2.05) is 0 Å². The van der Waals surface area contributed by atoms with Gasteiger partial charge >= 0.3 is 0 Å². The first kappa shape index (κ1) is 9.21. The maximum absolute atomic E-state index is 13.2. The van der Waals surface area contributed by atoms with E-state index >= 15 is 0 Å². The van der Waals surface area contributed by atoms with Gasteiger partial charge in [-0.25, -0.2) is 4.39 Å². The summed E-state index contributed by atoms with van der Waals surface area (Å²) in [6.07, 6.45) is 3.34. The van der Waals surface area contributed by atoms with Crippen molar-refractivity contribution in [1.29, 1.82) is 0 Å². The van der Waals surface area contributed by atoms with Gasteiger partial charge in [0.15, 0.2) is 11.6 Å². The number of carbonyl (C=O) groups excluding carboxylic acids is 1. The Morgan fingerprint density at radius 1 is 1.50 bits per heavy atom. The Kier molecular flexibility index (Phi) is 2.25. The van der Waals surface area contributed by atoms with Gasteiger partial charge < -0.3 is 4.74 Å². The van der Waals surface area contributed by atoms with E-state index in [0.29, 0.717) is 12.2 Å². The first-order chi connectivity index (χ1) is 6.70. The molecule has 0 fully saturated rings. The van der Waals surface area contributed by atoms with Crippen LogP contribution in [0.5, 0.6) is 5.75 Å². The van der Waals surface area contributed by atoms with Crippen molar-refractivity contribution in [1.82, 2.24) is 0 Å². The molecule has 0 N–H and O–H groups in total. The molecule has 0 aromatic heterocycles. The smallest absolute Gasteiger partial charge is 0.253 e. The van der Waals surface area contributed by atoms with E-state index in [0.717, 1.165) is 0 Å². The lowest BCUT2D eigenvalue weighted by atomic mass is 10.1. The van der Waals surface area contributed by atoms with Crippen molar-refractivity contribution in [2.45, 2.75) is 0 Å². The van der Waals surface area contributed by atoms with Gasteiger partial charge in [0.25, 0.3) is 5.24 Å². The molecule has 1 aliphatic heterocycles. The lowest BCUT2D eigenvalue weighted by Gasteiger charge is -2.14. The quantitative estimate of drug-likeness (QED) is 0.669. The normalized spacial score (nSPS) is 13.3. The SMILES string of the molecule is O=C(Cl)c1ccc(F)c2c1C=CCO2. The lowest BCUT2D eigenvalue weighted by molar-refractivity contribution is 0.108. The topological polar surface area (TPSA) is 26.3 Å². The summed E-state index contributed by atoms with van der Waals surface area (Å²) < 4.78 is 18.3. The highest BCUT2D eigenvalue weighted by atomic mass is 35.5. The van der Waals surface area contributed by atoms with Gasteiger partial charge in [-0.15, -0.1) is 0 Å². The fourth-order valence-electron chi connectivity index (χ4n) is 1.35. The highest BCUT2D eigenvalue weighted by Crippen LogP contribution is 2.30. The average Bonchev–Trinajstić information content (AvgIpc) is 2.18. The molecule has 14 heavy (non-hydrogen) atoms. The van der Waals surface area contributed by atoms with Crippen molar-refractivity contribution in [2.75, 3.05) is 6.61 Å². The van der Waals surface area contributed by atoms with E-state index in [1.54, 1.807) is 12.2 Å². The molecule has 0 saturated carbocycles. The molecule has 0 saturated heterocycles. The number of fused-ring (bicyclic) bond motifs is 1. The number of hydrogen-bond donors (Lipinski definition) is 0. The Labute approximate surface area is 84.9 Å². The Balaban J connectivity index is 2.67. The van der Waals surface area contributed by atoms with Crippen molar-refractivity contribution in [3.05, 3.63) is 35.2 Å². The average molecular weight is 213 g/mol. The van der Waals surface area contributed by atoms with Gasteiger partial charge in [0.05, 0.1) is 0 Å². The van der Waals surface area contributed by atoms with Crippen molar-refractivity contribution in [2.24, 2.45) is 0 Å². The minimum atomic E-state index is -0.614. The zero-order valence-electron chi connectivity index (χ0n) is 7.09. The van der Waals surface area contributed by atoms with Gasteiger partial charge in [-0.2, -0.15) is 0 Å². The van der Waals surface area contributed by atoms with Crippen LogP contribution in [0.1, 0.15) is 15.9 Å². The van der Waals surface area contributed by atoms with E-state index in [9.17, 15) is 9.18 Å². The second kappa shape index (κ2) is 3.42. The van der Waals surface area contributed by atoms with Crippen LogP contribution in [0.4, 0.5) is 4.39 Å². The van der Waals surface area contributed by atoms with Crippen LogP contribution in [-0.2, 0) is 0 Å². The zero-order chi connectivity index (χ0) is 10.1. The van der Waals surface area contributed by atoms with Crippen LogP contribution < -0.4 is 4.74 Å². The summed E-state index contributed by atoms with van der Waals surface area (Å²) in [4.78, 5) is 11.0. The number of benzene rings is 1. The molecule has 4 heteroatoms. The summed E-state index contributed by atoms with van der Waals surface area (Å²) in [7, 11) is 0. The highest BCUT2D eigenvalue weighted by Gasteiger charge is 2.18. The Bertz CT molecular complexity index is 426. The summed E-state index contributed by atoms with van der Waals surface area (Å²) in [5, 5.41) is -0.614. The van der Waals surface area contributed by atoms with E-state index in [-0.39, 0.29) is 11.3 Å². The monoisotopic (exact) mass is 212 g/mol. The number of halogens is 2. The van der Waals surface area contributed by atoms with Gasteiger partial charge in [0.2, 0.25) is 0 Å². The third kappa shape index (κ3) is 1.40. The molecular formula is C10H6ClFO2. The Hall–Kier alpha value is -1.35. The second-order valence-electron chi connectivity index (χ2n) is 2.82. The molecular weight excluding hydrogens is 207 g/mol. The molecule has 0 amide bonds. The van der Waals surface area contributed by atoms with E-state index < -0.39 is 11.1 Å². The highest BCUT2D eigenvalue weighted by molar-refractivity contribution is 6.68. The van der Waals surface area contributed by atoms with Gasteiger partial charge in [-0.05, 0) is 29.8 Å². The molecule has 2 nitrogen and oxygen atoms in total. The summed E-state index contributed by atoms with van der Waals surface area (Å²) >= 11 is 5.34. The van der Waals surface area contributed by atoms with Gasteiger partial charge in [0.1, 0.15) is 6.61 Å². The predicted octanol–water partition coefficient (Wildman–Crippen LogP) is 2.61. The Morgan fingerprint density at radius 2 is 2.29 bits per heavy atom. The Morgan fingerprint density at radius 3 is 3.00 bits per heavy atom. The third-order valence-electron chi connectivity index (χ3n) is 1.97. The molecule has 1 aromatic carbocycles. The van der Waals surface area contributed by atoms with Crippen LogP contribution in [0, 0.1) is 5.82 Å². The van der Waals surface area contributed by atoms with Crippen molar-refractivity contribution in [3.63, 3.8) is 0 Å². The fourth-order valence-corrected chi connectivity index (χ4v) is 1.52. The summed E-state index contributed by atoms with van der Waals surface area (Å²) in [6, 6.07) is 2.52. The standard InChI is InChI=1S/C10H6ClFO2/c11-10(13)7-3-4-8(12)9-6(7)2-1-5-14-9/h1-4H,5H2. The van der Waals surface area contributed by atoms with E-state index in [4.69, 9.17) is 16.3 Å². The maximum atomic E-state index is 13.2. The van der Waals surface area contributed by atoms with Crippen LogP contribution in [0.15, 0.2) is 18.2 Å². The number of hydrogen-bond acceptors (Lipinski definition) is 2. The second-order valence-corrected chi connectivity index (χ2v) is 3.17. The molecule has 2 rings (SSSR count). The van der Waals surface area contributed by atoms with Crippen molar-refractivity contribution >= 4 is 22.9 Å². The molecule has 72 valence electrons. The number of ether oxygens (including phenoxy) is 1. The van der Waals surface area contributed by atoms with E-state index in [2.05, 4.69) is 0 Å². The molecule has 0 atom stereocenters. The molecule has 0 unspecified atom stereocenters. The molecule has 1 heterocycles. The van der Waals surface area contributed by atoms with Crippen LogP contribution in [0.2, 0.25) is 0 Å². The van der Waals surface area contributed by atoms with Crippen LogP contribution in [0.3, 0.4) is 0 Å². The number of carbonyl (C=O) groups is 1. The van der Waals surface area contributed by atoms with Crippen LogP contribution in [0.25, 0.3) is 6.08 Å². The van der Waals surface area contributed by atoms with E-state index in [1.165, 1.54) is 12.1 Å². The molecule has 0 radical (unpaired) electrons. The predicted molar refractivity (Wildman–Crippen MR) is 51.1 cm³/mol. The lowest BCUT2D eigenvalue weighted by Crippen LogP contribution is -2.06. The van der Waals surface area contributed by atoms with Gasteiger partial charge in [0, 0.05) is 11.1 Å². The molecule has 0 spiro atoms. The zero-order valence-corrected chi connectivity index (χ0v) is 7.84. The summed E-state index contributed by atoms with van der Waals surface area (Å²) in [6.45, 7) is 0.309. The first-order valence-corrected chi connectivity index (χ1v) is 4.39. The molecule has 1 aliphatic rings. The first-order valence-electron chi connectivity index (χ1n) is 4.02. The number of rotatable bonds is 1. The van der Waals surface area contributed by atoms with Crippen molar-refractivity contribution < 1.29 is 13.9 Å². The van der Waals surface area contributed by atoms with Gasteiger partial charge in [-0.1, -0.05) is 6.08 Å². The minimum Gasteiger partial charge on any atom is -0.486 e. The molecule has 1 aromatic rings. The maximum Gasteiger partial charge on any atom is 0.253 e. The van der Waals surface area contributed by atoms with Gasteiger partial charge in [-0.3, -0.25) is 4.79 Å². The fraction of sp³-hybridized carbons (Fsp3) is 0.100. The van der Waals surface area contributed by atoms with Crippen LogP contribution >= 0.6 is 11.6 Å². The largest absolute Gasteiger partial charge is 0.486 e. The van der Waals surface area contributed by atoms with Crippen LogP contribution in [-0.4, -0.2) is 11.8 Å². The molecule has 0 bridgehead atoms.